The van der Waals surface area contributed by atoms with Crippen LogP contribution in [0.1, 0.15) is 10.4 Å². The largest absolute Gasteiger partial charge is 0.298 e. The summed E-state index contributed by atoms with van der Waals surface area (Å²) in [7, 11) is 0. The maximum absolute atomic E-state index is 10.5. The Kier molecular flexibility index (Phi) is 3.11. The fourth-order valence-corrected chi connectivity index (χ4v) is 1.84. The molecule has 0 aliphatic carbocycles. The zero-order valence-corrected chi connectivity index (χ0v) is 10.0. The molecule has 2 nitrogen and oxygen atoms in total. The fourth-order valence-electron chi connectivity index (χ4n) is 1.29. The maximum Gasteiger partial charge on any atom is 0.151 e. The molecule has 1 aromatic carbocycles. The quantitative estimate of drug-likeness (QED) is 0.630. The molecular formula is C12H8INO. The van der Waals surface area contributed by atoms with Gasteiger partial charge in [-0.3, -0.25) is 9.78 Å². The summed E-state index contributed by atoms with van der Waals surface area (Å²) < 4.78 is 1.17. The van der Waals surface area contributed by atoms with Crippen LogP contribution in [-0.2, 0) is 0 Å². The summed E-state index contributed by atoms with van der Waals surface area (Å²) in [5, 5.41) is 0. The van der Waals surface area contributed by atoms with E-state index >= 15 is 0 Å². The van der Waals surface area contributed by atoms with Gasteiger partial charge in [0.2, 0.25) is 0 Å². The second kappa shape index (κ2) is 4.53. The molecule has 0 atom stereocenters. The Morgan fingerprint density at radius 3 is 2.67 bits per heavy atom. The molecule has 2 rings (SSSR count). The lowest BCUT2D eigenvalue weighted by atomic mass is 10.1. The van der Waals surface area contributed by atoms with E-state index in [-0.39, 0.29) is 0 Å². The van der Waals surface area contributed by atoms with Crippen LogP contribution in [0.25, 0.3) is 11.3 Å². The highest BCUT2D eigenvalue weighted by molar-refractivity contribution is 14.1. The Morgan fingerprint density at radius 2 is 2.07 bits per heavy atom. The van der Waals surface area contributed by atoms with Crippen molar-refractivity contribution >= 4 is 28.9 Å². The van der Waals surface area contributed by atoms with E-state index in [0.717, 1.165) is 17.5 Å². The van der Waals surface area contributed by atoms with Crippen LogP contribution >= 0.6 is 22.6 Å². The zero-order valence-electron chi connectivity index (χ0n) is 7.85. The van der Waals surface area contributed by atoms with Crippen molar-refractivity contribution in [2.45, 2.75) is 0 Å². The lowest BCUT2D eigenvalue weighted by Crippen LogP contribution is -1.86. The van der Waals surface area contributed by atoms with Crippen LogP contribution in [0, 0.1) is 3.57 Å². The van der Waals surface area contributed by atoms with Gasteiger partial charge < -0.3 is 0 Å². The van der Waals surface area contributed by atoms with Gasteiger partial charge in [-0.05, 0) is 46.9 Å². The monoisotopic (exact) mass is 309 g/mol. The highest BCUT2D eigenvalue weighted by atomic mass is 127. The molecule has 0 amide bonds. The van der Waals surface area contributed by atoms with Crippen molar-refractivity contribution in [1.29, 1.82) is 0 Å². The van der Waals surface area contributed by atoms with Gasteiger partial charge in [-0.1, -0.05) is 12.1 Å². The van der Waals surface area contributed by atoms with Crippen LogP contribution in [0.2, 0.25) is 0 Å². The predicted molar refractivity (Wildman–Crippen MR) is 67.8 cm³/mol. The topological polar surface area (TPSA) is 30.0 Å². The molecule has 2 aromatic rings. The Morgan fingerprint density at radius 1 is 1.20 bits per heavy atom. The number of aromatic nitrogens is 1. The number of rotatable bonds is 2. The summed E-state index contributed by atoms with van der Waals surface area (Å²) in [6.45, 7) is 0. The first-order chi connectivity index (χ1) is 7.29. The minimum absolute atomic E-state index is 0.601. The minimum atomic E-state index is 0.601. The molecule has 0 saturated heterocycles. The van der Waals surface area contributed by atoms with Gasteiger partial charge in [-0.15, -0.1) is 0 Å². The molecule has 1 heterocycles. The molecule has 0 N–H and O–H groups in total. The molecule has 0 aliphatic heterocycles. The van der Waals surface area contributed by atoms with Crippen molar-refractivity contribution in [3.8, 4) is 11.3 Å². The number of nitrogens with zero attached hydrogens (tertiary/aromatic N) is 1. The van der Waals surface area contributed by atoms with E-state index in [9.17, 15) is 4.79 Å². The van der Waals surface area contributed by atoms with Crippen molar-refractivity contribution in [2.24, 2.45) is 0 Å². The Hall–Kier alpha value is -1.23. The fraction of sp³-hybridized carbons (Fsp3) is 0. The third kappa shape index (κ3) is 2.41. The number of pyridine rings is 1. The second-order valence-corrected chi connectivity index (χ2v) is 4.35. The standard InChI is InChI=1S/C12H8INO/c13-11-3-1-2-10(6-11)12-5-4-9(8-15)7-14-12/h1-8H. The summed E-state index contributed by atoms with van der Waals surface area (Å²) in [4.78, 5) is 14.7. The number of benzene rings is 1. The Labute approximate surface area is 101 Å². The average Bonchev–Trinajstić information content (AvgIpc) is 2.29. The lowest BCUT2D eigenvalue weighted by molar-refractivity contribution is 0.112. The normalized spacial score (nSPS) is 9.93. The summed E-state index contributed by atoms with van der Waals surface area (Å²) in [6, 6.07) is 11.7. The molecular weight excluding hydrogens is 301 g/mol. The van der Waals surface area contributed by atoms with E-state index in [1.165, 1.54) is 3.57 Å². The van der Waals surface area contributed by atoms with Crippen LogP contribution in [0.5, 0.6) is 0 Å². The van der Waals surface area contributed by atoms with E-state index in [0.29, 0.717) is 5.56 Å². The first-order valence-electron chi connectivity index (χ1n) is 4.47. The number of hydrogen-bond acceptors (Lipinski definition) is 2. The summed E-state index contributed by atoms with van der Waals surface area (Å²) >= 11 is 2.26. The lowest BCUT2D eigenvalue weighted by Gasteiger charge is -2.01. The third-order valence-electron chi connectivity index (χ3n) is 2.04. The van der Waals surface area contributed by atoms with Gasteiger partial charge in [0.15, 0.2) is 6.29 Å². The molecule has 74 valence electrons. The molecule has 0 radical (unpaired) electrons. The van der Waals surface area contributed by atoms with E-state index in [1.54, 1.807) is 12.3 Å². The Bertz CT molecular complexity index is 479. The highest BCUT2D eigenvalue weighted by Crippen LogP contribution is 2.18. The minimum Gasteiger partial charge on any atom is -0.298 e. The molecule has 0 fully saturated rings. The second-order valence-electron chi connectivity index (χ2n) is 3.10. The van der Waals surface area contributed by atoms with Crippen LogP contribution < -0.4 is 0 Å². The van der Waals surface area contributed by atoms with Crippen molar-refractivity contribution in [3.63, 3.8) is 0 Å². The van der Waals surface area contributed by atoms with Crippen molar-refractivity contribution in [3.05, 3.63) is 51.7 Å². The first-order valence-corrected chi connectivity index (χ1v) is 5.54. The van der Waals surface area contributed by atoms with E-state index in [1.807, 2.05) is 24.3 Å². The molecule has 15 heavy (non-hydrogen) atoms. The Balaban J connectivity index is 2.41. The zero-order chi connectivity index (χ0) is 10.7. The van der Waals surface area contributed by atoms with E-state index < -0.39 is 0 Å². The third-order valence-corrected chi connectivity index (χ3v) is 2.71. The molecule has 3 heteroatoms. The van der Waals surface area contributed by atoms with Gasteiger partial charge in [0.25, 0.3) is 0 Å². The molecule has 0 bridgehead atoms. The summed E-state index contributed by atoms with van der Waals surface area (Å²) in [5.74, 6) is 0. The first kappa shape index (κ1) is 10.3. The van der Waals surface area contributed by atoms with Crippen LogP contribution in [0.4, 0.5) is 0 Å². The van der Waals surface area contributed by atoms with E-state index in [4.69, 9.17) is 0 Å². The van der Waals surface area contributed by atoms with Gasteiger partial charge >= 0.3 is 0 Å². The van der Waals surface area contributed by atoms with Gasteiger partial charge in [-0.2, -0.15) is 0 Å². The smallest absolute Gasteiger partial charge is 0.151 e. The number of halogens is 1. The number of aldehydes is 1. The van der Waals surface area contributed by atoms with Gasteiger partial charge in [0, 0.05) is 20.9 Å². The number of carbonyl (C=O) groups excluding carboxylic acids is 1. The van der Waals surface area contributed by atoms with Crippen LogP contribution in [-0.4, -0.2) is 11.3 Å². The van der Waals surface area contributed by atoms with Crippen molar-refractivity contribution in [2.75, 3.05) is 0 Å². The molecule has 0 saturated carbocycles. The molecule has 0 unspecified atom stereocenters. The van der Waals surface area contributed by atoms with Gasteiger partial charge in [0.05, 0.1) is 5.69 Å². The molecule has 0 aliphatic rings. The highest BCUT2D eigenvalue weighted by Gasteiger charge is 1.99. The SMILES string of the molecule is O=Cc1ccc(-c2cccc(I)c2)nc1. The van der Waals surface area contributed by atoms with Gasteiger partial charge in [0.1, 0.15) is 0 Å². The van der Waals surface area contributed by atoms with Crippen molar-refractivity contribution < 1.29 is 4.79 Å². The maximum atomic E-state index is 10.5. The van der Waals surface area contributed by atoms with Crippen LogP contribution in [0.3, 0.4) is 0 Å². The molecule has 1 aromatic heterocycles. The predicted octanol–water partition coefficient (Wildman–Crippen LogP) is 3.17. The van der Waals surface area contributed by atoms with Gasteiger partial charge in [-0.25, -0.2) is 0 Å². The average molecular weight is 309 g/mol. The number of hydrogen-bond donors (Lipinski definition) is 0. The number of carbonyl (C=O) groups is 1. The summed E-state index contributed by atoms with van der Waals surface area (Å²) in [5.41, 5.74) is 2.56. The van der Waals surface area contributed by atoms with E-state index in [2.05, 4.69) is 33.6 Å². The van der Waals surface area contributed by atoms with Crippen LogP contribution in [0.15, 0.2) is 42.6 Å². The summed E-state index contributed by atoms with van der Waals surface area (Å²) in [6.07, 6.45) is 2.38. The molecule has 0 spiro atoms. The van der Waals surface area contributed by atoms with Crippen molar-refractivity contribution in [1.82, 2.24) is 4.98 Å².